The van der Waals surface area contributed by atoms with Crippen LogP contribution >= 0.6 is 0 Å². The maximum atomic E-state index is 12.0. The predicted octanol–water partition coefficient (Wildman–Crippen LogP) is 1.38. The monoisotopic (exact) mass is 244 g/mol. The van der Waals surface area contributed by atoms with Crippen molar-refractivity contribution in [3.05, 3.63) is 0 Å². The molecular formula is C13H28N2O2. The molecule has 0 saturated heterocycles. The van der Waals surface area contributed by atoms with Crippen molar-refractivity contribution in [1.29, 1.82) is 0 Å². The minimum atomic E-state index is -0.143. The standard InChI is InChI=1S/C13H28N2O2/c1-6-11(4)14-13(17)12(5)15(10(2)3)8-7-9-16/h10-12,16H,6-9H2,1-5H3,(H,14,17). The summed E-state index contributed by atoms with van der Waals surface area (Å²) in [6, 6.07) is 0.381. The van der Waals surface area contributed by atoms with Crippen molar-refractivity contribution in [1.82, 2.24) is 10.2 Å². The molecule has 0 saturated carbocycles. The van der Waals surface area contributed by atoms with E-state index < -0.39 is 0 Å². The largest absolute Gasteiger partial charge is 0.396 e. The SMILES string of the molecule is CCC(C)NC(=O)C(C)N(CCCO)C(C)C. The van der Waals surface area contributed by atoms with Crippen molar-refractivity contribution in [3.63, 3.8) is 0 Å². The third kappa shape index (κ3) is 6.03. The summed E-state index contributed by atoms with van der Waals surface area (Å²) in [4.78, 5) is 14.1. The third-order valence-corrected chi connectivity index (χ3v) is 3.12. The van der Waals surface area contributed by atoms with Crippen LogP contribution in [0.1, 0.15) is 47.5 Å². The van der Waals surface area contributed by atoms with Crippen LogP contribution in [0.4, 0.5) is 0 Å². The van der Waals surface area contributed by atoms with Gasteiger partial charge in [0.2, 0.25) is 5.91 Å². The lowest BCUT2D eigenvalue weighted by atomic mass is 10.1. The maximum Gasteiger partial charge on any atom is 0.237 e. The van der Waals surface area contributed by atoms with Gasteiger partial charge in [0.15, 0.2) is 0 Å². The molecule has 0 aliphatic carbocycles. The Bertz CT molecular complexity index is 219. The Morgan fingerprint density at radius 1 is 1.29 bits per heavy atom. The van der Waals surface area contributed by atoms with Crippen molar-refractivity contribution >= 4 is 5.91 Å². The van der Waals surface area contributed by atoms with Crippen molar-refractivity contribution in [3.8, 4) is 0 Å². The van der Waals surface area contributed by atoms with Gasteiger partial charge in [-0.15, -0.1) is 0 Å². The van der Waals surface area contributed by atoms with Crippen LogP contribution in [-0.2, 0) is 4.79 Å². The minimum absolute atomic E-state index is 0.0750. The molecule has 4 nitrogen and oxygen atoms in total. The molecule has 4 heteroatoms. The fourth-order valence-electron chi connectivity index (χ4n) is 1.77. The summed E-state index contributed by atoms with van der Waals surface area (Å²) in [6.45, 7) is 11.1. The summed E-state index contributed by atoms with van der Waals surface area (Å²) in [5.41, 5.74) is 0. The number of aliphatic hydroxyl groups is 1. The summed E-state index contributed by atoms with van der Waals surface area (Å²) >= 11 is 0. The zero-order valence-electron chi connectivity index (χ0n) is 11.9. The lowest BCUT2D eigenvalue weighted by Gasteiger charge is -2.32. The highest BCUT2D eigenvalue weighted by Crippen LogP contribution is 2.07. The highest BCUT2D eigenvalue weighted by atomic mass is 16.3. The first kappa shape index (κ1) is 16.4. The smallest absolute Gasteiger partial charge is 0.237 e. The lowest BCUT2D eigenvalue weighted by Crippen LogP contribution is -2.50. The van der Waals surface area contributed by atoms with E-state index >= 15 is 0 Å². The summed E-state index contributed by atoms with van der Waals surface area (Å²) in [5, 5.41) is 11.9. The van der Waals surface area contributed by atoms with E-state index in [-0.39, 0.29) is 24.6 Å². The van der Waals surface area contributed by atoms with Crippen molar-refractivity contribution < 1.29 is 9.90 Å². The van der Waals surface area contributed by atoms with Gasteiger partial charge in [-0.2, -0.15) is 0 Å². The van der Waals surface area contributed by atoms with Crippen molar-refractivity contribution in [2.24, 2.45) is 0 Å². The first-order chi connectivity index (χ1) is 7.93. The van der Waals surface area contributed by atoms with Crippen molar-refractivity contribution in [2.45, 2.75) is 65.6 Å². The van der Waals surface area contributed by atoms with Gasteiger partial charge in [0.05, 0.1) is 6.04 Å². The van der Waals surface area contributed by atoms with E-state index in [1.54, 1.807) is 0 Å². The van der Waals surface area contributed by atoms with Gasteiger partial charge < -0.3 is 10.4 Å². The number of hydrogen-bond donors (Lipinski definition) is 2. The van der Waals surface area contributed by atoms with Crippen LogP contribution in [0.2, 0.25) is 0 Å². The van der Waals surface area contributed by atoms with Gasteiger partial charge in [-0.1, -0.05) is 6.92 Å². The lowest BCUT2D eigenvalue weighted by molar-refractivity contribution is -0.127. The van der Waals surface area contributed by atoms with Gasteiger partial charge in [0, 0.05) is 25.2 Å². The van der Waals surface area contributed by atoms with Gasteiger partial charge in [-0.05, 0) is 40.5 Å². The second-order valence-electron chi connectivity index (χ2n) is 4.90. The average molecular weight is 244 g/mol. The van der Waals surface area contributed by atoms with Crippen LogP contribution in [0, 0.1) is 0 Å². The quantitative estimate of drug-likeness (QED) is 0.678. The Hall–Kier alpha value is -0.610. The molecule has 102 valence electrons. The number of rotatable bonds is 8. The average Bonchev–Trinajstić information content (AvgIpc) is 2.28. The second kappa shape index (κ2) is 8.48. The summed E-state index contributed by atoms with van der Waals surface area (Å²) in [7, 11) is 0. The molecule has 0 radical (unpaired) electrons. The van der Waals surface area contributed by atoms with Crippen LogP contribution in [0.25, 0.3) is 0 Å². The molecule has 0 aromatic carbocycles. The minimum Gasteiger partial charge on any atom is -0.396 e. The molecule has 0 aliphatic heterocycles. The molecule has 0 spiro atoms. The normalized spacial score (nSPS) is 15.1. The number of nitrogens with zero attached hydrogens (tertiary/aromatic N) is 1. The fourth-order valence-corrected chi connectivity index (χ4v) is 1.77. The topological polar surface area (TPSA) is 52.6 Å². The van der Waals surface area contributed by atoms with E-state index in [9.17, 15) is 4.79 Å². The maximum absolute atomic E-state index is 12.0. The van der Waals surface area contributed by atoms with Crippen LogP contribution in [0.3, 0.4) is 0 Å². The summed E-state index contributed by atoms with van der Waals surface area (Å²) in [5.74, 6) is 0.0750. The molecule has 0 aromatic rings. The van der Waals surface area contributed by atoms with Gasteiger partial charge in [-0.25, -0.2) is 0 Å². The highest BCUT2D eigenvalue weighted by molar-refractivity contribution is 5.81. The number of hydrogen-bond acceptors (Lipinski definition) is 3. The van der Waals surface area contributed by atoms with Gasteiger partial charge in [0.1, 0.15) is 0 Å². The van der Waals surface area contributed by atoms with E-state index in [1.165, 1.54) is 0 Å². The fraction of sp³-hybridized carbons (Fsp3) is 0.923. The van der Waals surface area contributed by atoms with Gasteiger partial charge in [-0.3, -0.25) is 9.69 Å². The molecule has 0 rings (SSSR count). The first-order valence-electron chi connectivity index (χ1n) is 6.61. The van der Waals surface area contributed by atoms with E-state index in [1.807, 2.05) is 13.8 Å². The molecule has 0 aromatic heterocycles. The molecule has 17 heavy (non-hydrogen) atoms. The summed E-state index contributed by atoms with van der Waals surface area (Å²) < 4.78 is 0. The zero-order chi connectivity index (χ0) is 13.4. The molecule has 0 heterocycles. The molecule has 2 unspecified atom stereocenters. The first-order valence-corrected chi connectivity index (χ1v) is 6.61. The Kier molecular flexibility index (Phi) is 8.17. The van der Waals surface area contributed by atoms with Gasteiger partial charge in [0.25, 0.3) is 0 Å². The van der Waals surface area contributed by atoms with E-state index in [2.05, 4.69) is 31.0 Å². The van der Waals surface area contributed by atoms with Crippen molar-refractivity contribution in [2.75, 3.05) is 13.2 Å². The third-order valence-electron chi connectivity index (χ3n) is 3.12. The molecule has 0 aliphatic rings. The molecular weight excluding hydrogens is 216 g/mol. The van der Waals surface area contributed by atoms with Crippen LogP contribution in [0.5, 0.6) is 0 Å². The Morgan fingerprint density at radius 3 is 2.29 bits per heavy atom. The van der Waals surface area contributed by atoms with Gasteiger partial charge >= 0.3 is 0 Å². The Balaban J connectivity index is 4.38. The molecule has 0 fully saturated rings. The molecule has 1 amide bonds. The summed E-state index contributed by atoms with van der Waals surface area (Å²) in [6.07, 6.45) is 1.65. The zero-order valence-corrected chi connectivity index (χ0v) is 11.9. The Morgan fingerprint density at radius 2 is 1.88 bits per heavy atom. The van der Waals surface area contributed by atoms with Crippen LogP contribution < -0.4 is 5.32 Å². The predicted molar refractivity (Wildman–Crippen MR) is 70.9 cm³/mol. The number of aliphatic hydroxyl groups excluding tert-OH is 1. The van der Waals surface area contributed by atoms with E-state index in [0.717, 1.165) is 13.0 Å². The second-order valence-corrected chi connectivity index (χ2v) is 4.90. The number of nitrogens with one attached hydrogen (secondary N) is 1. The van der Waals surface area contributed by atoms with E-state index in [4.69, 9.17) is 5.11 Å². The number of carbonyl (C=O) groups is 1. The van der Waals surface area contributed by atoms with E-state index in [0.29, 0.717) is 12.5 Å². The van der Waals surface area contributed by atoms with Crippen LogP contribution in [0.15, 0.2) is 0 Å². The molecule has 2 N–H and O–H groups in total. The van der Waals surface area contributed by atoms with Crippen LogP contribution in [-0.4, -0.2) is 47.2 Å². The Labute approximate surface area is 105 Å². The molecule has 0 bridgehead atoms. The highest BCUT2D eigenvalue weighted by Gasteiger charge is 2.23. The number of carbonyl (C=O) groups excluding carboxylic acids is 1. The molecule has 2 atom stereocenters. The number of amides is 1.